The summed E-state index contributed by atoms with van der Waals surface area (Å²) in [6, 6.07) is 14.0. The zero-order valence-corrected chi connectivity index (χ0v) is 19.8. The number of benzene rings is 2. The van der Waals surface area contributed by atoms with Gasteiger partial charge in [0.25, 0.3) is 5.56 Å². The summed E-state index contributed by atoms with van der Waals surface area (Å²) in [7, 11) is 1.62. The highest BCUT2D eigenvalue weighted by Gasteiger charge is 2.20. The number of halogens is 2. The van der Waals surface area contributed by atoms with E-state index in [1.165, 1.54) is 47.0 Å². The summed E-state index contributed by atoms with van der Waals surface area (Å²) in [5.41, 5.74) is 1.15. The molecule has 3 rings (SSSR count). The molecule has 1 atom stereocenters. The maximum Gasteiger partial charge on any atom is 0.275 e. The highest BCUT2D eigenvalue weighted by molar-refractivity contribution is 5.94. The summed E-state index contributed by atoms with van der Waals surface area (Å²) < 4.78 is 28.0. The van der Waals surface area contributed by atoms with Crippen molar-refractivity contribution in [2.75, 3.05) is 18.9 Å². The van der Waals surface area contributed by atoms with Crippen LogP contribution in [-0.4, -0.2) is 40.9 Å². The molecule has 0 bridgehead atoms. The molecule has 0 aliphatic heterocycles. The van der Waals surface area contributed by atoms with Crippen molar-refractivity contribution in [3.05, 3.63) is 88.2 Å². The van der Waals surface area contributed by atoms with Gasteiger partial charge < -0.3 is 15.5 Å². The number of aromatic nitrogens is 1. The number of nitrogens with zero attached hydrogens (tertiary/aromatic N) is 2. The molecule has 1 unspecified atom stereocenters. The van der Waals surface area contributed by atoms with Crippen LogP contribution in [-0.2, 0) is 22.7 Å². The second-order valence-electron chi connectivity index (χ2n) is 8.06. The number of hydrogen-bond acceptors (Lipinski definition) is 4. The summed E-state index contributed by atoms with van der Waals surface area (Å²) in [6.07, 6.45) is 0. The molecule has 2 aromatic carbocycles. The summed E-state index contributed by atoms with van der Waals surface area (Å²) in [4.78, 5) is 40.5. The first-order valence-electron chi connectivity index (χ1n) is 11.2. The lowest BCUT2D eigenvalue weighted by Gasteiger charge is -2.23. The zero-order valence-electron chi connectivity index (χ0n) is 19.8. The second-order valence-corrected chi connectivity index (χ2v) is 8.06. The smallest absolute Gasteiger partial charge is 0.275 e. The Morgan fingerprint density at radius 2 is 1.57 bits per heavy atom. The average molecular weight is 483 g/mol. The van der Waals surface area contributed by atoms with Gasteiger partial charge in [0.15, 0.2) is 0 Å². The molecule has 9 heteroatoms. The van der Waals surface area contributed by atoms with Crippen LogP contribution in [0.1, 0.15) is 19.4 Å². The molecule has 0 saturated carbocycles. The van der Waals surface area contributed by atoms with Gasteiger partial charge in [-0.05, 0) is 80.6 Å². The average Bonchev–Trinajstić information content (AvgIpc) is 2.86. The Labute approximate surface area is 202 Å². The van der Waals surface area contributed by atoms with E-state index in [9.17, 15) is 23.2 Å². The van der Waals surface area contributed by atoms with Crippen LogP contribution >= 0.6 is 0 Å². The fraction of sp³-hybridized carbons (Fsp3) is 0.269. The summed E-state index contributed by atoms with van der Waals surface area (Å²) >= 11 is 0. The fourth-order valence-electron chi connectivity index (χ4n) is 3.50. The van der Waals surface area contributed by atoms with Crippen LogP contribution in [0.4, 0.5) is 14.5 Å². The molecular weight excluding hydrogens is 454 g/mol. The number of pyridine rings is 1. The first-order valence-corrected chi connectivity index (χ1v) is 11.2. The van der Waals surface area contributed by atoms with Gasteiger partial charge in [-0.25, -0.2) is 8.78 Å². The van der Waals surface area contributed by atoms with Gasteiger partial charge in [0, 0.05) is 13.1 Å². The van der Waals surface area contributed by atoms with Crippen LogP contribution in [0.25, 0.3) is 11.3 Å². The van der Waals surface area contributed by atoms with E-state index in [1.807, 2.05) is 0 Å². The van der Waals surface area contributed by atoms with Crippen LogP contribution in [0.15, 0.2) is 65.5 Å². The molecule has 184 valence electrons. The normalized spacial score (nSPS) is 11.7. The highest BCUT2D eigenvalue weighted by Crippen LogP contribution is 2.21. The monoisotopic (exact) mass is 482 g/mol. The third-order valence-corrected chi connectivity index (χ3v) is 5.71. The molecule has 1 aromatic heterocycles. The van der Waals surface area contributed by atoms with Crippen LogP contribution in [0.3, 0.4) is 0 Å². The predicted molar refractivity (Wildman–Crippen MR) is 131 cm³/mol. The number of likely N-dealkylation sites (N-methyl/N-ethyl adjacent to an activating group) is 2. The van der Waals surface area contributed by atoms with Crippen molar-refractivity contribution >= 4 is 17.5 Å². The van der Waals surface area contributed by atoms with E-state index >= 15 is 0 Å². The molecule has 3 aromatic rings. The quantitative estimate of drug-likeness (QED) is 0.490. The largest absolute Gasteiger partial charge is 0.337 e. The summed E-state index contributed by atoms with van der Waals surface area (Å²) in [5, 5.41) is 5.40. The lowest BCUT2D eigenvalue weighted by molar-refractivity contribution is -0.132. The minimum atomic E-state index is -0.560. The van der Waals surface area contributed by atoms with Gasteiger partial charge in [-0.2, -0.15) is 0 Å². The molecule has 7 nitrogen and oxygen atoms in total. The summed E-state index contributed by atoms with van der Waals surface area (Å²) in [6.45, 7) is 3.77. The molecule has 0 spiro atoms. The fourth-order valence-corrected chi connectivity index (χ4v) is 3.50. The Bertz CT molecular complexity index is 1240. The Morgan fingerprint density at radius 1 is 0.971 bits per heavy atom. The van der Waals surface area contributed by atoms with Crippen LogP contribution in [0.5, 0.6) is 0 Å². The van der Waals surface area contributed by atoms with Crippen molar-refractivity contribution in [1.29, 1.82) is 0 Å². The van der Waals surface area contributed by atoms with Crippen LogP contribution in [0.2, 0.25) is 0 Å². The Hall–Kier alpha value is -3.85. The first kappa shape index (κ1) is 25.8. The zero-order chi connectivity index (χ0) is 25.5. The summed E-state index contributed by atoms with van der Waals surface area (Å²) in [5.74, 6) is -1.54. The maximum absolute atomic E-state index is 13.5. The molecule has 35 heavy (non-hydrogen) atoms. The van der Waals surface area contributed by atoms with Crippen molar-refractivity contribution < 1.29 is 18.4 Å². The van der Waals surface area contributed by atoms with Crippen molar-refractivity contribution in [2.24, 2.45) is 0 Å². The van der Waals surface area contributed by atoms with E-state index in [1.54, 1.807) is 44.0 Å². The highest BCUT2D eigenvalue weighted by atomic mass is 19.1. The van der Waals surface area contributed by atoms with E-state index in [2.05, 4.69) is 10.6 Å². The molecule has 0 aliphatic carbocycles. The van der Waals surface area contributed by atoms with E-state index in [-0.39, 0.29) is 30.5 Å². The molecule has 1 heterocycles. The molecular formula is C26H28F2N4O3. The van der Waals surface area contributed by atoms with E-state index < -0.39 is 23.3 Å². The SMILES string of the molecule is CCN(Cc1ccc(F)cc1)C(=O)Cn1c(-c2ccc(F)cc2)ccc(NC(=O)C(C)NC)c1=O. The number of rotatable bonds is 9. The van der Waals surface area contributed by atoms with E-state index in [0.29, 0.717) is 17.8 Å². The van der Waals surface area contributed by atoms with Gasteiger partial charge in [-0.1, -0.05) is 12.1 Å². The third-order valence-electron chi connectivity index (χ3n) is 5.71. The van der Waals surface area contributed by atoms with Crippen molar-refractivity contribution in [2.45, 2.75) is 33.0 Å². The number of hydrogen-bond donors (Lipinski definition) is 2. The second kappa shape index (κ2) is 11.5. The van der Waals surface area contributed by atoms with Gasteiger partial charge in [0.2, 0.25) is 11.8 Å². The molecule has 0 radical (unpaired) electrons. The van der Waals surface area contributed by atoms with Crippen LogP contribution < -0.4 is 16.2 Å². The van der Waals surface area contributed by atoms with E-state index in [0.717, 1.165) is 5.56 Å². The van der Waals surface area contributed by atoms with Gasteiger partial charge in [-0.15, -0.1) is 0 Å². The predicted octanol–water partition coefficient (Wildman–Crippen LogP) is 3.39. The number of anilines is 1. The number of amides is 2. The lowest BCUT2D eigenvalue weighted by Crippen LogP contribution is -2.39. The number of carbonyl (C=O) groups is 2. The molecule has 0 aliphatic rings. The van der Waals surface area contributed by atoms with Crippen molar-refractivity contribution in [1.82, 2.24) is 14.8 Å². The Morgan fingerprint density at radius 3 is 2.14 bits per heavy atom. The van der Waals surface area contributed by atoms with Crippen molar-refractivity contribution in [3.63, 3.8) is 0 Å². The molecule has 0 saturated heterocycles. The van der Waals surface area contributed by atoms with Crippen molar-refractivity contribution in [3.8, 4) is 11.3 Å². The minimum Gasteiger partial charge on any atom is -0.337 e. The van der Waals surface area contributed by atoms with Crippen LogP contribution in [0, 0.1) is 11.6 Å². The standard InChI is InChI=1S/C26H28F2N4O3/c1-4-31(15-18-5-9-20(27)10-6-18)24(33)16-32-23(19-7-11-21(28)12-8-19)14-13-22(26(32)35)30-25(34)17(2)29-3/h5-14,17,29H,4,15-16H2,1-3H3,(H,30,34). The van der Waals surface area contributed by atoms with Gasteiger partial charge in [-0.3, -0.25) is 19.0 Å². The Kier molecular flexibility index (Phi) is 8.48. The Balaban J connectivity index is 1.97. The topological polar surface area (TPSA) is 83.4 Å². The maximum atomic E-state index is 13.5. The first-order chi connectivity index (χ1) is 16.7. The molecule has 2 amide bonds. The van der Waals surface area contributed by atoms with Gasteiger partial charge >= 0.3 is 0 Å². The van der Waals surface area contributed by atoms with E-state index in [4.69, 9.17) is 0 Å². The lowest BCUT2D eigenvalue weighted by atomic mass is 10.1. The third kappa shape index (κ3) is 6.39. The number of carbonyl (C=O) groups excluding carboxylic acids is 2. The number of nitrogens with one attached hydrogen (secondary N) is 2. The van der Waals surface area contributed by atoms with Gasteiger partial charge in [0.05, 0.1) is 11.7 Å². The molecule has 0 fully saturated rings. The molecule has 2 N–H and O–H groups in total. The minimum absolute atomic E-state index is 0.0253. The van der Waals surface area contributed by atoms with Gasteiger partial charge in [0.1, 0.15) is 23.9 Å².